The molecule has 1 aromatic heterocycles. The molecule has 0 spiro atoms. The van der Waals surface area contributed by atoms with Crippen LogP contribution in [-0.2, 0) is 6.42 Å². The van der Waals surface area contributed by atoms with Gasteiger partial charge in [0.1, 0.15) is 11.0 Å². The second-order valence-electron chi connectivity index (χ2n) is 5.89. The molecular formula is C18H15N6+. The van der Waals surface area contributed by atoms with E-state index in [4.69, 9.17) is 5.73 Å². The van der Waals surface area contributed by atoms with Crippen LogP contribution >= 0.6 is 0 Å². The van der Waals surface area contributed by atoms with E-state index in [0.29, 0.717) is 11.9 Å². The first-order valence-electron chi connectivity index (χ1n) is 7.90. The number of nitrogens with one attached hydrogen (secondary N) is 1. The first-order valence-corrected chi connectivity index (χ1v) is 7.90. The number of H-pyrrole nitrogens is 1. The summed E-state index contributed by atoms with van der Waals surface area (Å²) in [5.74, 6) is 0.820. The predicted molar refractivity (Wildman–Crippen MR) is 92.2 cm³/mol. The Morgan fingerprint density at radius 3 is 2.88 bits per heavy atom. The first-order chi connectivity index (χ1) is 11.8. The highest BCUT2D eigenvalue weighted by Crippen LogP contribution is 2.25. The molecule has 6 heteroatoms. The fourth-order valence-corrected chi connectivity index (χ4v) is 3.32. The van der Waals surface area contributed by atoms with E-state index in [1.165, 1.54) is 5.56 Å². The zero-order valence-electron chi connectivity index (χ0n) is 12.9. The van der Waals surface area contributed by atoms with Crippen molar-refractivity contribution >= 4 is 28.5 Å². The Morgan fingerprint density at radius 2 is 1.92 bits per heavy atom. The van der Waals surface area contributed by atoms with Gasteiger partial charge in [-0.2, -0.15) is 9.98 Å². The minimum Gasteiger partial charge on any atom is -0.338 e. The van der Waals surface area contributed by atoms with Crippen LogP contribution in [0.25, 0.3) is 10.9 Å². The van der Waals surface area contributed by atoms with Crippen molar-refractivity contribution in [2.45, 2.75) is 6.42 Å². The Kier molecular flexibility index (Phi) is 2.67. The average Bonchev–Trinajstić information content (AvgIpc) is 3.26. The summed E-state index contributed by atoms with van der Waals surface area (Å²) in [5.41, 5.74) is 10.4. The van der Waals surface area contributed by atoms with Gasteiger partial charge in [-0.25, -0.2) is 4.58 Å². The number of fused-ring (bicyclic) bond motifs is 4. The third kappa shape index (κ3) is 1.89. The molecule has 0 aliphatic carbocycles. The Labute approximate surface area is 137 Å². The van der Waals surface area contributed by atoms with Gasteiger partial charge in [0.15, 0.2) is 5.49 Å². The maximum Gasteiger partial charge on any atom is 0.393 e. The molecule has 0 amide bonds. The van der Waals surface area contributed by atoms with Crippen LogP contribution in [0.5, 0.6) is 0 Å². The summed E-state index contributed by atoms with van der Waals surface area (Å²) in [6.07, 6.45) is 0.972. The van der Waals surface area contributed by atoms with Crippen LogP contribution in [0.1, 0.15) is 5.56 Å². The number of rotatable bonds is 0. The van der Waals surface area contributed by atoms with Gasteiger partial charge in [-0.15, -0.1) is 0 Å². The fourth-order valence-electron chi connectivity index (χ4n) is 3.32. The summed E-state index contributed by atoms with van der Waals surface area (Å²) < 4.78 is 2.01. The molecule has 3 aromatic rings. The predicted octanol–water partition coefficient (Wildman–Crippen LogP) is 0.992. The largest absolute Gasteiger partial charge is 0.393 e. The molecule has 2 aromatic carbocycles. The minimum absolute atomic E-state index is 0.392. The van der Waals surface area contributed by atoms with E-state index in [1.54, 1.807) is 0 Å². The lowest BCUT2D eigenvalue weighted by molar-refractivity contribution is -0.431. The quantitative estimate of drug-likeness (QED) is 0.471. The number of nitrogens with two attached hydrogens (primary N) is 1. The van der Waals surface area contributed by atoms with Gasteiger partial charge in [-0.3, -0.25) is 5.73 Å². The molecule has 3 N–H and O–H groups in total. The zero-order chi connectivity index (χ0) is 16.1. The van der Waals surface area contributed by atoms with E-state index in [1.807, 2.05) is 41.0 Å². The smallest absolute Gasteiger partial charge is 0.338 e. The summed E-state index contributed by atoms with van der Waals surface area (Å²) in [6.45, 7) is 0.830. The van der Waals surface area contributed by atoms with E-state index in [-0.39, 0.29) is 0 Å². The lowest BCUT2D eigenvalue weighted by Crippen LogP contribution is -2.23. The lowest BCUT2D eigenvalue weighted by Gasteiger charge is -2.00. The van der Waals surface area contributed by atoms with E-state index >= 15 is 0 Å². The van der Waals surface area contributed by atoms with Gasteiger partial charge < -0.3 is 4.98 Å². The number of guanidine groups is 2. The van der Waals surface area contributed by atoms with E-state index in [0.717, 1.165) is 40.4 Å². The van der Waals surface area contributed by atoms with Crippen molar-refractivity contribution in [2.24, 2.45) is 20.7 Å². The number of hydrogen-bond acceptors (Lipinski definition) is 0. The van der Waals surface area contributed by atoms with Gasteiger partial charge in [0.2, 0.25) is 0 Å². The standard InChI is InChI=1S/C18H14N6/c19-17(24-10-9-11-5-1-4-8-14(11)24)23-18-21-15-12-6-2-3-7-13(12)20-16(15)22-18/h1-8H,9-10H2,(H2,19,20,21,22,23)/p+1. The van der Waals surface area contributed by atoms with Gasteiger partial charge in [-0.05, 0) is 22.7 Å². The lowest BCUT2D eigenvalue weighted by atomic mass is 10.2. The Balaban J connectivity index is 1.61. The monoisotopic (exact) mass is 315 g/mol. The van der Waals surface area contributed by atoms with Crippen molar-refractivity contribution in [2.75, 3.05) is 6.54 Å². The maximum absolute atomic E-state index is 6.21. The van der Waals surface area contributed by atoms with Crippen LogP contribution in [0.15, 0.2) is 63.5 Å². The second kappa shape index (κ2) is 4.86. The van der Waals surface area contributed by atoms with E-state index in [9.17, 15) is 0 Å². The number of aliphatic imine (C=N–C) groups is 1. The second-order valence-corrected chi connectivity index (χ2v) is 5.89. The summed E-state index contributed by atoms with van der Waals surface area (Å²) in [5, 5.41) is 1.88. The third-order valence-electron chi connectivity index (χ3n) is 4.46. The highest BCUT2D eigenvalue weighted by Gasteiger charge is 2.22. The van der Waals surface area contributed by atoms with Crippen molar-refractivity contribution in [3.63, 3.8) is 0 Å². The van der Waals surface area contributed by atoms with Gasteiger partial charge >= 0.3 is 11.9 Å². The summed E-state index contributed by atoms with van der Waals surface area (Å²) in [4.78, 5) is 16.7. The molecule has 24 heavy (non-hydrogen) atoms. The van der Waals surface area contributed by atoms with Crippen molar-refractivity contribution < 1.29 is 4.58 Å². The molecular weight excluding hydrogens is 300 g/mol. The van der Waals surface area contributed by atoms with Crippen molar-refractivity contribution in [3.05, 3.63) is 64.9 Å². The SMILES string of the molecule is NC(/N=C1\N=c2[nH]c3ccccc3c2=N1)=[N+]1CCc2ccccc21. The van der Waals surface area contributed by atoms with Crippen LogP contribution in [0.4, 0.5) is 5.69 Å². The molecule has 2 aliphatic rings. The fraction of sp³-hybridized carbons (Fsp3) is 0.111. The molecule has 0 radical (unpaired) electrons. The van der Waals surface area contributed by atoms with Gasteiger partial charge in [0, 0.05) is 17.3 Å². The average molecular weight is 315 g/mol. The molecule has 116 valence electrons. The topological polar surface area (TPSA) is 81.9 Å². The summed E-state index contributed by atoms with van der Waals surface area (Å²) >= 11 is 0. The van der Waals surface area contributed by atoms with Gasteiger partial charge in [0.05, 0.1) is 6.54 Å². The number of nitrogens with zero attached hydrogens (tertiary/aromatic N) is 4. The van der Waals surface area contributed by atoms with Crippen LogP contribution in [0.3, 0.4) is 0 Å². The van der Waals surface area contributed by atoms with E-state index < -0.39 is 0 Å². The summed E-state index contributed by atoms with van der Waals surface area (Å²) in [6, 6.07) is 16.3. The van der Waals surface area contributed by atoms with Gasteiger partial charge in [-0.1, -0.05) is 36.4 Å². The molecule has 3 heterocycles. The zero-order valence-corrected chi connectivity index (χ0v) is 12.9. The summed E-state index contributed by atoms with van der Waals surface area (Å²) in [7, 11) is 0. The molecule has 2 aliphatic heterocycles. The van der Waals surface area contributed by atoms with Crippen LogP contribution in [0, 0.1) is 0 Å². The normalized spacial score (nSPS) is 19.1. The van der Waals surface area contributed by atoms with Crippen LogP contribution < -0.4 is 16.6 Å². The molecule has 0 unspecified atom stereocenters. The number of aromatic nitrogens is 1. The molecule has 5 rings (SSSR count). The third-order valence-corrected chi connectivity index (χ3v) is 4.46. The highest BCUT2D eigenvalue weighted by molar-refractivity contribution is 5.95. The molecule has 6 nitrogen and oxygen atoms in total. The van der Waals surface area contributed by atoms with Crippen LogP contribution in [-0.4, -0.2) is 28.0 Å². The number of hydrogen-bond donors (Lipinski definition) is 2. The Bertz CT molecular complexity index is 1170. The number of benzene rings is 2. The molecule has 0 saturated carbocycles. The van der Waals surface area contributed by atoms with Crippen molar-refractivity contribution in [1.29, 1.82) is 0 Å². The highest BCUT2D eigenvalue weighted by atomic mass is 15.2. The minimum atomic E-state index is 0.392. The van der Waals surface area contributed by atoms with Gasteiger partial charge in [0.25, 0.3) is 0 Å². The maximum atomic E-state index is 6.21. The van der Waals surface area contributed by atoms with Crippen LogP contribution in [0.2, 0.25) is 0 Å². The number of para-hydroxylation sites is 2. The first kappa shape index (κ1) is 13.2. The Morgan fingerprint density at radius 1 is 1.08 bits per heavy atom. The molecule has 0 saturated heterocycles. The number of aromatic amines is 1. The molecule has 0 bridgehead atoms. The Hall–Kier alpha value is -3.28. The van der Waals surface area contributed by atoms with E-state index in [2.05, 4.69) is 32.1 Å². The van der Waals surface area contributed by atoms with Crippen molar-refractivity contribution in [1.82, 2.24) is 4.98 Å². The molecule has 0 fully saturated rings. The van der Waals surface area contributed by atoms with Crippen molar-refractivity contribution in [3.8, 4) is 0 Å². The molecule has 0 atom stereocenters.